The highest BCUT2D eigenvalue weighted by Gasteiger charge is 2.11. The normalized spacial score (nSPS) is 10.3. The van der Waals surface area contributed by atoms with Gasteiger partial charge in [0.05, 0.1) is 9.50 Å². The van der Waals surface area contributed by atoms with E-state index in [0.29, 0.717) is 15.8 Å². The van der Waals surface area contributed by atoms with Gasteiger partial charge in [0.25, 0.3) is 0 Å². The smallest absolute Gasteiger partial charge is 0.184 e. The van der Waals surface area contributed by atoms with Crippen LogP contribution in [-0.4, -0.2) is 4.99 Å². The maximum atomic E-state index is 13.7. The number of benzene rings is 2. The topological polar surface area (TPSA) is 35.2 Å². The van der Waals surface area contributed by atoms with Crippen molar-refractivity contribution in [2.75, 3.05) is 0 Å². The predicted molar refractivity (Wildman–Crippen MR) is 81.5 cm³/mol. The van der Waals surface area contributed by atoms with E-state index in [9.17, 15) is 4.39 Å². The Hall–Kier alpha value is -1.17. The summed E-state index contributed by atoms with van der Waals surface area (Å²) in [5, 5.41) is 0.00776. The SMILES string of the molecule is NC(=S)c1ccc(Oc2cccc(Cl)c2F)c(Br)c1. The average molecular weight is 361 g/mol. The number of hydrogen-bond donors (Lipinski definition) is 1. The van der Waals surface area contributed by atoms with Gasteiger partial charge in [0.15, 0.2) is 11.6 Å². The Morgan fingerprint density at radius 3 is 2.63 bits per heavy atom. The van der Waals surface area contributed by atoms with Crippen molar-refractivity contribution in [1.29, 1.82) is 0 Å². The molecule has 0 aliphatic carbocycles. The second-order valence-corrected chi connectivity index (χ2v) is 5.36. The Balaban J connectivity index is 2.34. The fourth-order valence-corrected chi connectivity index (χ4v) is 2.17. The standard InChI is InChI=1S/C13H8BrClFNOS/c14-8-6-7(13(17)19)4-5-10(8)18-11-3-1-2-9(15)12(11)16/h1-6H,(H2,17,19). The van der Waals surface area contributed by atoms with Gasteiger partial charge in [-0.05, 0) is 46.3 Å². The molecule has 0 heterocycles. The van der Waals surface area contributed by atoms with Gasteiger partial charge in [0.1, 0.15) is 10.7 Å². The predicted octanol–water partition coefficient (Wildman–Crippen LogP) is 4.67. The molecule has 0 unspecified atom stereocenters. The second-order valence-electron chi connectivity index (χ2n) is 3.66. The summed E-state index contributed by atoms with van der Waals surface area (Å²) >= 11 is 13.9. The van der Waals surface area contributed by atoms with Gasteiger partial charge in [-0.25, -0.2) is 4.39 Å². The van der Waals surface area contributed by atoms with Gasteiger partial charge in [0, 0.05) is 5.56 Å². The lowest BCUT2D eigenvalue weighted by atomic mass is 10.2. The minimum Gasteiger partial charge on any atom is -0.453 e. The highest BCUT2D eigenvalue weighted by molar-refractivity contribution is 9.10. The molecule has 2 N–H and O–H groups in total. The third kappa shape index (κ3) is 3.23. The summed E-state index contributed by atoms with van der Waals surface area (Å²) in [6, 6.07) is 9.62. The van der Waals surface area contributed by atoms with Crippen LogP contribution in [0, 0.1) is 5.82 Å². The zero-order valence-corrected chi connectivity index (χ0v) is 12.7. The minimum atomic E-state index is -0.602. The van der Waals surface area contributed by atoms with Crippen molar-refractivity contribution in [2.24, 2.45) is 5.73 Å². The Morgan fingerprint density at radius 2 is 2.00 bits per heavy atom. The van der Waals surface area contributed by atoms with Crippen LogP contribution in [0.5, 0.6) is 11.5 Å². The lowest BCUT2D eigenvalue weighted by Crippen LogP contribution is -2.09. The van der Waals surface area contributed by atoms with Crippen LogP contribution in [0.4, 0.5) is 4.39 Å². The van der Waals surface area contributed by atoms with E-state index in [0.717, 1.165) is 0 Å². The average Bonchev–Trinajstić information content (AvgIpc) is 2.37. The molecule has 0 atom stereocenters. The largest absolute Gasteiger partial charge is 0.453 e. The van der Waals surface area contributed by atoms with E-state index < -0.39 is 5.82 Å². The van der Waals surface area contributed by atoms with Crippen LogP contribution in [0.2, 0.25) is 5.02 Å². The molecule has 19 heavy (non-hydrogen) atoms. The number of rotatable bonds is 3. The fourth-order valence-electron chi connectivity index (χ4n) is 1.42. The first-order valence-electron chi connectivity index (χ1n) is 5.20. The Bertz CT molecular complexity index is 651. The molecule has 2 nitrogen and oxygen atoms in total. The van der Waals surface area contributed by atoms with Gasteiger partial charge in [-0.15, -0.1) is 0 Å². The van der Waals surface area contributed by atoms with E-state index >= 15 is 0 Å². The summed E-state index contributed by atoms with van der Waals surface area (Å²) in [5.41, 5.74) is 6.22. The van der Waals surface area contributed by atoms with E-state index in [1.165, 1.54) is 12.1 Å². The Morgan fingerprint density at radius 1 is 1.26 bits per heavy atom. The first kappa shape index (κ1) is 14.2. The van der Waals surface area contributed by atoms with Crippen LogP contribution in [0.25, 0.3) is 0 Å². The van der Waals surface area contributed by atoms with Crippen molar-refractivity contribution < 1.29 is 9.13 Å². The zero-order valence-electron chi connectivity index (χ0n) is 9.49. The van der Waals surface area contributed by atoms with Crippen molar-refractivity contribution in [3.05, 3.63) is 57.3 Å². The summed E-state index contributed by atoms with van der Waals surface area (Å²) in [7, 11) is 0. The molecular formula is C13H8BrClFNOS. The van der Waals surface area contributed by atoms with Crippen molar-refractivity contribution in [3.8, 4) is 11.5 Å². The molecule has 98 valence electrons. The summed E-state index contributed by atoms with van der Waals surface area (Å²) < 4.78 is 19.8. The van der Waals surface area contributed by atoms with Crippen molar-refractivity contribution in [3.63, 3.8) is 0 Å². The van der Waals surface area contributed by atoms with E-state index in [2.05, 4.69) is 15.9 Å². The lowest BCUT2D eigenvalue weighted by Gasteiger charge is -2.10. The van der Waals surface area contributed by atoms with Crippen LogP contribution < -0.4 is 10.5 Å². The number of nitrogens with two attached hydrogens (primary N) is 1. The maximum Gasteiger partial charge on any atom is 0.184 e. The molecule has 0 radical (unpaired) electrons. The fraction of sp³-hybridized carbons (Fsp3) is 0. The molecule has 2 aromatic carbocycles. The highest BCUT2D eigenvalue weighted by Crippen LogP contribution is 2.33. The molecule has 2 rings (SSSR count). The molecule has 0 bridgehead atoms. The van der Waals surface area contributed by atoms with Gasteiger partial charge in [-0.3, -0.25) is 0 Å². The maximum absolute atomic E-state index is 13.7. The first-order chi connectivity index (χ1) is 8.99. The van der Waals surface area contributed by atoms with Crippen molar-refractivity contribution in [2.45, 2.75) is 0 Å². The Labute approximate surface area is 128 Å². The molecule has 0 saturated carbocycles. The highest BCUT2D eigenvalue weighted by atomic mass is 79.9. The zero-order chi connectivity index (χ0) is 14.0. The number of thiocarbonyl (C=S) groups is 1. The molecule has 0 fully saturated rings. The molecule has 0 spiro atoms. The van der Waals surface area contributed by atoms with Crippen LogP contribution in [0.3, 0.4) is 0 Å². The van der Waals surface area contributed by atoms with Crippen molar-refractivity contribution >= 4 is 44.7 Å². The summed E-state index contributed by atoms with van der Waals surface area (Å²) in [5.74, 6) is -0.105. The molecule has 0 aliphatic rings. The molecule has 0 aliphatic heterocycles. The summed E-state index contributed by atoms with van der Waals surface area (Å²) in [4.78, 5) is 0.279. The van der Waals surface area contributed by atoms with E-state index in [1.54, 1.807) is 24.3 Å². The summed E-state index contributed by atoms with van der Waals surface area (Å²) in [6.07, 6.45) is 0. The molecular weight excluding hydrogens is 353 g/mol. The first-order valence-corrected chi connectivity index (χ1v) is 6.78. The van der Waals surface area contributed by atoms with Crippen molar-refractivity contribution in [1.82, 2.24) is 0 Å². The quantitative estimate of drug-likeness (QED) is 0.808. The van der Waals surface area contributed by atoms with Gasteiger partial charge >= 0.3 is 0 Å². The van der Waals surface area contributed by atoms with Gasteiger partial charge in [0.2, 0.25) is 0 Å². The van der Waals surface area contributed by atoms with Gasteiger partial charge in [-0.2, -0.15) is 0 Å². The number of halogens is 3. The van der Waals surface area contributed by atoms with Crippen LogP contribution >= 0.6 is 39.7 Å². The third-order valence-corrected chi connectivity index (χ3v) is 3.50. The monoisotopic (exact) mass is 359 g/mol. The summed E-state index contributed by atoms with van der Waals surface area (Å²) in [6.45, 7) is 0. The van der Waals surface area contributed by atoms with E-state index in [-0.39, 0.29) is 15.8 Å². The Kier molecular flexibility index (Phi) is 4.39. The second kappa shape index (κ2) is 5.86. The van der Waals surface area contributed by atoms with E-state index in [4.69, 9.17) is 34.3 Å². The molecule has 0 amide bonds. The van der Waals surface area contributed by atoms with Gasteiger partial charge in [-0.1, -0.05) is 29.9 Å². The minimum absolute atomic E-state index is 0.00776. The van der Waals surface area contributed by atoms with Crippen LogP contribution in [-0.2, 0) is 0 Å². The molecule has 0 aromatic heterocycles. The molecule has 2 aromatic rings. The number of ether oxygens (including phenoxy) is 1. The van der Waals surface area contributed by atoms with Crippen LogP contribution in [0.15, 0.2) is 40.9 Å². The van der Waals surface area contributed by atoms with Gasteiger partial charge < -0.3 is 10.5 Å². The van der Waals surface area contributed by atoms with Crippen LogP contribution in [0.1, 0.15) is 5.56 Å². The molecule has 6 heteroatoms. The van der Waals surface area contributed by atoms with E-state index in [1.807, 2.05) is 0 Å². The third-order valence-electron chi connectivity index (χ3n) is 2.35. The lowest BCUT2D eigenvalue weighted by molar-refractivity contribution is 0.440. The molecule has 0 saturated heterocycles. The number of hydrogen-bond acceptors (Lipinski definition) is 2.